The number of hydrogen-bond acceptors (Lipinski definition) is 2. The van der Waals surface area contributed by atoms with E-state index in [1.165, 1.54) is 5.56 Å². The SMILES string of the molecule is CCC(C)c1ncc(Cc2ccccc2)[nH]c1=O. The number of aromatic amines is 1. The molecular weight excluding hydrogens is 224 g/mol. The quantitative estimate of drug-likeness (QED) is 0.896. The fourth-order valence-electron chi connectivity index (χ4n) is 1.90. The minimum absolute atomic E-state index is 0.0576. The van der Waals surface area contributed by atoms with Gasteiger partial charge in [-0.3, -0.25) is 9.78 Å². The van der Waals surface area contributed by atoms with Crippen molar-refractivity contribution in [1.29, 1.82) is 0 Å². The molecule has 0 saturated carbocycles. The normalized spacial score (nSPS) is 12.3. The third kappa shape index (κ3) is 2.86. The van der Waals surface area contributed by atoms with Crippen molar-refractivity contribution in [3.8, 4) is 0 Å². The van der Waals surface area contributed by atoms with Crippen LogP contribution in [0.3, 0.4) is 0 Å². The van der Waals surface area contributed by atoms with Crippen LogP contribution in [-0.4, -0.2) is 9.97 Å². The highest BCUT2D eigenvalue weighted by Gasteiger charge is 2.09. The lowest BCUT2D eigenvalue weighted by molar-refractivity contribution is 0.690. The zero-order valence-corrected chi connectivity index (χ0v) is 10.8. The molecule has 1 heterocycles. The Morgan fingerprint density at radius 1 is 1.28 bits per heavy atom. The predicted molar refractivity (Wildman–Crippen MR) is 72.8 cm³/mol. The van der Waals surface area contributed by atoms with Crippen LogP contribution in [0.25, 0.3) is 0 Å². The van der Waals surface area contributed by atoms with Gasteiger partial charge in [0.25, 0.3) is 5.56 Å². The Morgan fingerprint density at radius 2 is 2.00 bits per heavy atom. The van der Waals surface area contributed by atoms with E-state index in [4.69, 9.17) is 0 Å². The Labute approximate surface area is 107 Å². The van der Waals surface area contributed by atoms with Gasteiger partial charge >= 0.3 is 0 Å². The monoisotopic (exact) mass is 242 g/mol. The Balaban J connectivity index is 2.22. The molecule has 2 aromatic rings. The fraction of sp³-hybridized carbons (Fsp3) is 0.333. The van der Waals surface area contributed by atoms with E-state index in [9.17, 15) is 4.79 Å². The molecule has 2 rings (SSSR count). The van der Waals surface area contributed by atoms with Gasteiger partial charge in [-0.05, 0) is 12.0 Å². The largest absolute Gasteiger partial charge is 0.323 e. The number of hydrogen-bond donors (Lipinski definition) is 1. The van der Waals surface area contributed by atoms with E-state index < -0.39 is 0 Å². The van der Waals surface area contributed by atoms with E-state index >= 15 is 0 Å². The third-order valence-electron chi connectivity index (χ3n) is 3.18. The highest BCUT2D eigenvalue weighted by atomic mass is 16.1. The van der Waals surface area contributed by atoms with Gasteiger partial charge in [0, 0.05) is 24.2 Å². The zero-order chi connectivity index (χ0) is 13.0. The molecule has 0 amide bonds. The molecule has 0 aliphatic heterocycles. The number of nitrogens with one attached hydrogen (secondary N) is 1. The van der Waals surface area contributed by atoms with Crippen LogP contribution in [0.4, 0.5) is 0 Å². The van der Waals surface area contributed by atoms with Gasteiger partial charge in [0.15, 0.2) is 0 Å². The molecule has 3 heteroatoms. The lowest BCUT2D eigenvalue weighted by Crippen LogP contribution is -2.18. The minimum Gasteiger partial charge on any atom is -0.323 e. The second kappa shape index (κ2) is 5.63. The summed E-state index contributed by atoms with van der Waals surface area (Å²) in [6.07, 6.45) is 3.41. The van der Waals surface area contributed by atoms with Gasteiger partial charge in [-0.2, -0.15) is 0 Å². The number of aromatic nitrogens is 2. The summed E-state index contributed by atoms with van der Waals surface area (Å²) >= 11 is 0. The average molecular weight is 242 g/mol. The maximum Gasteiger partial charge on any atom is 0.270 e. The van der Waals surface area contributed by atoms with E-state index in [0.717, 1.165) is 12.1 Å². The van der Waals surface area contributed by atoms with Crippen LogP contribution >= 0.6 is 0 Å². The molecule has 1 aromatic carbocycles. The Hall–Kier alpha value is -1.90. The second-order valence-electron chi connectivity index (χ2n) is 4.59. The lowest BCUT2D eigenvalue weighted by Gasteiger charge is -2.07. The van der Waals surface area contributed by atoms with Crippen LogP contribution in [0.1, 0.15) is 43.1 Å². The summed E-state index contributed by atoms with van der Waals surface area (Å²) in [5.41, 5.74) is 2.61. The molecule has 0 aliphatic carbocycles. The van der Waals surface area contributed by atoms with Crippen molar-refractivity contribution < 1.29 is 0 Å². The summed E-state index contributed by atoms with van der Waals surface area (Å²) in [4.78, 5) is 19.1. The van der Waals surface area contributed by atoms with E-state index in [0.29, 0.717) is 12.1 Å². The molecule has 0 bridgehead atoms. The van der Waals surface area contributed by atoms with Gasteiger partial charge in [-0.15, -0.1) is 0 Å². The van der Waals surface area contributed by atoms with E-state index in [-0.39, 0.29) is 11.5 Å². The first-order valence-corrected chi connectivity index (χ1v) is 6.32. The Bertz CT molecular complexity index is 560. The molecule has 0 spiro atoms. The average Bonchev–Trinajstić information content (AvgIpc) is 2.39. The van der Waals surface area contributed by atoms with Crippen LogP contribution in [-0.2, 0) is 6.42 Å². The number of benzene rings is 1. The highest BCUT2D eigenvalue weighted by Crippen LogP contribution is 2.12. The van der Waals surface area contributed by atoms with Gasteiger partial charge in [0.1, 0.15) is 5.69 Å². The van der Waals surface area contributed by atoms with Gasteiger partial charge < -0.3 is 4.98 Å². The summed E-state index contributed by atoms with van der Waals surface area (Å²) in [5.74, 6) is 0.208. The number of rotatable bonds is 4. The van der Waals surface area contributed by atoms with Crippen molar-refractivity contribution >= 4 is 0 Å². The molecule has 0 aliphatic rings. The maximum atomic E-state index is 11.9. The first-order valence-electron chi connectivity index (χ1n) is 6.32. The molecule has 18 heavy (non-hydrogen) atoms. The zero-order valence-electron chi connectivity index (χ0n) is 10.8. The molecular formula is C15H18N2O. The molecule has 1 atom stereocenters. The van der Waals surface area contributed by atoms with Crippen LogP contribution in [0.15, 0.2) is 41.3 Å². The van der Waals surface area contributed by atoms with Gasteiger partial charge in [0.2, 0.25) is 0 Å². The summed E-state index contributed by atoms with van der Waals surface area (Å²) < 4.78 is 0. The van der Waals surface area contributed by atoms with Gasteiger partial charge in [-0.1, -0.05) is 44.2 Å². The topological polar surface area (TPSA) is 45.8 Å². The summed E-state index contributed by atoms with van der Waals surface area (Å²) in [5, 5.41) is 0. The molecule has 94 valence electrons. The summed E-state index contributed by atoms with van der Waals surface area (Å²) in [6.45, 7) is 4.08. The molecule has 0 fully saturated rings. The van der Waals surface area contributed by atoms with Crippen LogP contribution in [0.2, 0.25) is 0 Å². The van der Waals surface area contributed by atoms with Gasteiger partial charge in [-0.25, -0.2) is 0 Å². The van der Waals surface area contributed by atoms with Crippen LogP contribution < -0.4 is 5.56 Å². The first-order chi connectivity index (χ1) is 8.70. The Morgan fingerprint density at radius 3 is 2.61 bits per heavy atom. The van der Waals surface area contributed by atoms with E-state index in [1.807, 2.05) is 37.3 Å². The van der Waals surface area contributed by atoms with Gasteiger partial charge in [0.05, 0.1) is 0 Å². The minimum atomic E-state index is -0.0576. The molecule has 0 radical (unpaired) electrons. The highest BCUT2D eigenvalue weighted by molar-refractivity contribution is 5.20. The van der Waals surface area contributed by atoms with Crippen molar-refractivity contribution in [2.75, 3.05) is 0 Å². The standard InChI is InChI=1S/C15H18N2O/c1-3-11(2)14-15(18)17-13(10-16-14)9-12-7-5-4-6-8-12/h4-8,10-11H,3,9H2,1-2H3,(H,17,18). The van der Waals surface area contributed by atoms with Crippen molar-refractivity contribution in [1.82, 2.24) is 9.97 Å². The van der Waals surface area contributed by atoms with Crippen molar-refractivity contribution in [3.05, 3.63) is 63.8 Å². The summed E-state index contributed by atoms with van der Waals surface area (Å²) in [6, 6.07) is 10.1. The number of nitrogens with zero attached hydrogens (tertiary/aromatic N) is 1. The molecule has 3 nitrogen and oxygen atoms in total. The maximum absolute atomic E-state index is 11.9. The first kappa shape index (κ1) is 12.6. The fourth-order valence-corrected chi connectivity index (χ4v) is 1.90. The molecule has 1 unspecified atom stereocenters. The van der Waals surface area contributed by atoms with Crippen LogP contribution in [0.5, 0.6) is 0 Å². The molecule has 0 saturated heterocycles. The Kier molecular flexibility index (Phi) is 3.92. The predicted octanol–water partition coefficient (Wildman–Crippen LogP) is 2.87. The van der Waals surface area contributed by atoms with Crippen molar-refractivity contribution in [2.24, 2.45) is 0 Å². The third-order valence-corrected chi connectivity index (χ3v) is 3.18. The number of H-pyrrole nitrogens is 1. The smallest absolute Gasteiger partial charge is 0.270 e. The van der Waals surface area contributed by atoms with Crippen molar-refractivity contribution in [3.63, 3.8) is 0 Å². The lowest BCUT2D eigenvalue weighted by atomic mass is 10.1. The second-order valence-corrected chi connectivity index (χ2v) is 4.59. The van der Waals surface area contributed by atoms with Crippen molar-refractivity contribution in [2.45, 2.75) is 32.6 Å². The van der Waals surface area contributed by atoms with E-state index in [2.05, 4.69) is 16.9 Å². The molecule has 1 aromatic heterocycles. The summed E-state index contributed by atoms with van der Waals surface area (Å²) in [7, 11) is 0. The van der Waals surface area contributed by atoms with Crippen LogP contribution in [0, 0.1) is 0 Å². The van der Waals surface area contributed by atoms with E-state index in [1.54, 1.807) is 6.20 Å². The molecule has 1 N–H and O–H groups in total.